The summed E-state index contributed by atoms with van der Waals surface area (Å²) >= 11 is 6.26. The molecule has 0 amide bonds. The summed E-state index contributed by atoms with van der Waals surface area (Å²) in [5.74, 6) is 0. The van der Waals surface area contributed by atoms with E-state index < -0.39 is 11.7 Å². The van der Waals surface area contributed by atoms with Gasteiger partial charge >= 0.3 is 6.18 Å². The van der Waals surface area contributed by atoms with Crippen molar-refractivity contribution in [3.05, 3.63) is 34.3 Å². The summed E-state index contributed by atoms with van der Waals surface area (Å²) in [6, 6.07) is 3.47. The van der Waals surface area contributed by atoms with Crippen LogP contribution in [0.4, 0.5) is 13.2 Å². The molecule has 1 aliphatic rings. The highest BCUT2D eigenvalue weighted by atomic mass is 35.5. The molecule has 0 radical (unpaired) electrons. The number of nitrogens with zero attached hydrogens (tertiary/aromatic N) is 1. The number of halogens is 5. The van der Waals surface area contributed by atoms with Crippen LogP contribution in [0.15, 0.2) is 18.2 Å². The first kappa shape index (κ1) is 20.6. The summed E-state index contributed by atoms with van der Waals surface area (Å²) in [7, 11) is 0. The molecule has 1 aliphatic heterocycles. The number of hydrogen-bond acceptors (Lipinski definition) is 2. The average molecular weight is 371 g/mol. The van der Waals surface area contributed by atoms with Gasteiger partial charge in [0.2, 0.25) is 0 Å². The van der Waals surface area contributed by atoms with Gasteiger partial charge in [-0.25, -0.2) is 0 Å². The van der Waals surface area contributed by atoms with E-state index in [0.29, 0.717) is 10.6 Å². The van der Waals surface area contributed by atoms with Gasteiger partial charge in [-0.2, -0.15) is 13.2 Å². The zero-order valence-electron chi connectivity index (χ0n) is 13.5. The van der Waals surface area contributed by atoms with Gasteiger partial charge in [-0.1, -0.05) is 32.4 Å². The molecule has 2 rings (SSSR count). The van der Waals surface area contributed by atoms with Crippen LogP contribution in [0, 0.1) is 5.41 Å². The Kier molecular flexibility index (Phi) is 6.79. The van der Waals surface area contributed by atoms with E-state index in [4.69, 9.17) is 11.6 Å². The smallest absolute Gasteiger partial charge is 0.314 e. The SMILES string of the molecule is CC(C)(C)[C@@H](c1cc(C(F)(F)F)ccc1Cl)N1CCNCC1.Cl. The lowest BCUT2D eigenvalue weighted by Gasteiger charge is -2.43. The highest BCUT2D eigenvalue weighted by Gasteiger charge is 2.37. The van der Waals surface area contributed by atoms with Gasteiger partial charge in [0.1, 0.15) is 0 Å². The largest absolute Gasteiger partial charge is 0.416 e. The van der Waals surface area contributed by atoms with E-state index in [2.05, 4.69) is 10.2 Å². The maximum atomic E-state index is 13.0. The van der Waals surface area contributed by atoms with Crippen molar-refractivity contribution in [2.45, 2.75) is 33.0 Å². The van der Waals surface area contributed by atoms with E-state index in [1.807, 2.05) is 20.8 Å². The monoisotopic (exact) mass is 370 g/mol. The Labute approximate surface area is 146 Å². The van der Waals surface area contributed by atoms with Gasteiger partial charge < -0.3 is 5.32 Å². The van der Waals surface area contributed by atoms with Crippen molar-refractivity contribution in [1.82, 2.24) is 10.2 Å². The lowest BCUT2D eigenvalue weighted by molar-refractivity contribution is -0.137. The van der Waals surface area contributed by atoms with Crippen LogP contribution in [0.2, 0.25) is 5.02 Å². The van der Waals surface area contributed by atoms with Crippen molar-refractivity contribution in [2.75, 3.05) is 26.2 Å². The molecule has 1 N–H and O–H groups in total. The Morgan fingerprint density at radius 2 is 1.70 bits per heavy atom. The van der Waals surface area contributed by atoms with Crippen molar-refractivity contribution in [1.29, 1.82) is 0 Å². The van der Waals surface area contributed by atoms with Crippen molar-refractivity contribution in [2.24, 2.45) is 5.41 Å². The van der Waals surface area contributed by atoms with E-state index in [0.717, 1.165) is 32.2 Å². The van der Waals surface area contributed by atoms with Gasteiger partial charge in [-0.3, -0.25) is 4.90 Å². The van der Waals surface area contributed by atoms with Crippen LogP contribution in [-0.4, -0.2) is 31.1 Å². The first-order valence-electron chi connectivity index (χ1n) is 7.42. The molecular formula is C16H23Cl2F3N2. The third kappa shape index (κ3) is 4.99. The summed E-state index contributed by atoms with van der Waals surface area (Å²) in [5.41, 5.74) is -0.298. The molecule has 0 unspecified atom stereocenters. The summed E-state index contributed by atoms with van der Waals surface area (Å²) in [6.07, 6.45) is -4.36. The van der Waals surface area contributed by atoms with Gasteiger partial charge in [-0.15, -0.1) is 12.4 Å². The molecule has 23 heavy (non-hydrogen) atoms. The van der Waals surface area contributed by atoms with E-state index in [-0.39, 0.29) is 23.9 Å². The Morgan fingerprint density at radius 3 is 2.17 bits per heavy atom. The van der Waals surface area contributed by atoms with Crippen LogP contribution in [0.25, 0.3) is 0 Å². The highest BCUT2D eigenvalue weighted by Crippen LogP contribution is 2.43. The van der Waals surface area contributed by atoms with E-state index in [1.54, 1.807) is 0 Å². The molecule has 1 atom stereocenters. The minimum Gasteiger partial charge on any atom is -0.314 e. The molecule has 0 saturated carbocycles. The minimum absolute atomic E-state index is 0. The standard InChI is InChI=1S/C16H22ClF3N2.ClH/c1-15(2,3)14(22-8-6-21-7-9-22)12-10-11(16(18,19)20)4-5-13(12)17;/h4-5,10,14,21H,6-9H2,1-3H3;1H/t14-;/m1./s1. The summed E-state index contributed by atoms with van der Waals surface area (Å²) < 4.78 is 39.1. The third-order valence-corrected chi connectivity index (χ3v) is 4.30. The molecule has 132 valence electrons. The van der Waals surface area contributed by atoms with Gasteiger partial charge in [0.05, 0.1) is 5.56 Å². The first-order chi connectivity index (χ1) is 10.1. The number of piperazine rings is 1. The predicted octanol–water partition coefficient (Wildman–Crippen LogP) is 4.77. The number of nitrogens with one attached hydrogen (secondary N) is 1. The van der Waals surface area contributed by atoms with Gasteiger partial charge in [-0.05, 0) is 29.2 Å². The van der Waals surface area contributed by atoms with Crippen LogP contribution < -0.4 is 5.32 Å². The quantitative estimate of drug-likeness (QED) is 0.806. The number of alkyl halides is 3. The van der Waals surface area contributed by atoms with Gasteiger partial charge in [0.25, 0.3) is 0 Å². The van der Waals surface area contributed by atoms with Crippen molar-refractivity contribution in [3.63, 3.8) is 0 Å². The Hall–Kier alpha value is -0.490. The van der Waals surface area contributed by atoms with Crippen LogP contribution in [0.5, 0.6) is 0 Å². The van der Waals surface area contributed by atoms with Crippen molar-refractivity contribution in [3.8, 4) is 0 Å². The molecule has 0 aromatic heterocycles. The molecular weight excluding hydrogens is 348 g/mol. The molecule has 1 aromatic rings. The topological polar surface area (TPSA) is 15.3 Å². The lowest BCUT2D eigenvalue weighted by atomic mass is 9.80. The zero-order valence-corrected chi connectivity index (χ0v) is 15.1. The van der Waals surface area contributed by atoms with E-state index in [9.17, 15) is 13.2 Å². The van der Waals surface area contributed by atoms with E-state index in [1.165, 1.54) is 12.1 Å². The molecule has 1 heterocycles. The molecule has 0 aliphatic carbocycles. The second-order valence-electron chi connectivity index (χ2n) is 6.79. The third-order valence-electron chi connectivity index (χ3n) is 3.95. The molecule has 0 bridgehead atoms. The van der Waals surface area contributed by atoms with E-state index >= 15 is 0 Å². The van der Waals surface area contributed by atoms with Crippen LogP contribution in [0.1, 0.15) is 37.9 Å². The Morgan fingerprint density at radius 1 is 1.13 bits per heavy atom. The minimum atomic E-state index is -4.36. The Bertz CT molecular complexity index is 521. The van der Waals surface area contributed by atoms with Crippen LogP contribution in [0.3, 0.4) is 0 Å². The second-order valence-corrected chi connectivity index (χ2v) is 7.20. The number of benzene rings is 1. The fourth-order valence-electron chi connectivity index (χ4n) is 3.08. The second kappa shape index (κ2) is 7.60. The van der Waals surface area contributed by atoms with Crippen molar-refractivity contribution < 1.29 is 13.2 Å². The average Bonchev–Trinajstić information content (AvgIpc) is 2.39. The fourth-order valence-corrected chi connectivity index (χ4v) is 3.30. The summed E-state index contributed by atoms with van der Waals surface area (Å²) in [5, 5.41) is 3.66. The summed E-state index contributed by atoms with van der Waals surface area (Å²) in [6.45, 7) is 9.39. The molecule has 1 aromatic carbocycles. The maximum Gasteiger partial charge on any atom is 0.416 e. The zero-order chi connectivity index (χ0) is 16.5. The van der Waals surface area contributed by atoms with Crippen LogP contribution >= 0.6 is 24.0 Å². The Balaban J connectivity index is 0.00000264. The normalized spacial score (nSPS) is 18.4. The molecule has 0 spiro atoms. The molecule has 1 fully saturated rings. The molecule has 1 saturated heterocycles. The predicted molar refractivity (Wildman–Crippen MR) is 90.3 cm³/mol. The summed E-state index contributed by atoms with van der Waals surface area (Å²) in [4.78, 5) is 2.22. The number of hydrogen-bond donors (Lipinski definition) is 1. The highest BCUT2D eigenvalue weighted by molar-refractivity contribution is 6.31. The lowest BCUT2D eigenvalue weighted by Crippen LogP contribution is -2.48. The molecule has 2 nitrogen and oxygen atoms in total. The first-order valence-corrected chi connectivity index (χ1v) is 7.80. The maximum absolute atomic E-state index is 13.0. The molecule has 7 heteroatoms. The fraction of sp³-hybridized carbons (Fsp3) is 0.625. The van der Waals surface area contributed by atoms with Gasteiger partial charge in [0.15, 0.2) is 0 Å². The van der Waals surface area contributed by atoms with Gasteiger partial charge in [0, 0.05) is 37.2 Å². The van der Waals surface area contributed by atoms with Crippen LogP contribution in [-0.2, 0) is 6.18 Å². The number of rotatable bonds is 2. The van der Waals surface area contributed by atoms with Crippen molar-refractivity contribution >= 4 is 24.0 Å².